The lowest BCUT2D eigenvalue weighted by atomic mass is 9.91. The van der Waals surface area contributed by atoms with Crippen LogP contribution in [0.1, 0.15) is 5.56 Å². The van der Waals surface area contributed by atoms with Crippen molar-refractivity contribution < 1.29 is 26.1 Å². The Hall–Kier alpha value is -1.91. The predicted octanol–water partition coefficient (Wildman–Crippen LogP) is 5.55. The first-order chi connectivity index (χ1) is 12.6. The molecule has 27 heavy (non-hydrogen) atoms. The highest BCUT2D eigenvalue weighted by atomic mass is 127. The SMILES string of the molecule is O=S(=O)([O-])c1cc(-c2ccccc2)c(C(F)(F)F)c(-c2ccccc2)c1I. The van der Waals surface area contributed by atoms with Gasteiger partial charge < -0.3 is 4.55 Å². The molecule has 0 fully saturated rings. The summed E-state index contributed by atoms with van der Waals surface area (Å²) in [5.74, 6) is 0. The van der Waals surface area contributed by atoms with Crippen LogP contribution in [0.15, 0.2) is 71.6 Å². The molecule has 0 atom stereocenters. The Balaban J connectivity index is 2.54. The molecule has 3 nitrogen and oxygen atoms in total. The van der Waals surface area contributed by atoms with E-state index in [4.69, 9.17) is 0 Å². The Kier molecular flexibility index (Phi) is 5.33. The second kappa shape index (κ2) is 7.25. The van der Waals surface area contributed by atoms with Crippen LogP contribution in [0, 0.1) is 3.57 Å². The van der Waals surface area contributed by atoms with Crippen LogP contribution in [-0.4, -0.2) is 13.0 Å². The fraction of sp³-hybridized carbons (Fsp3) is 0.0526. The average molecular weight is 503 g/mol. The van der Waals surface area contributed by atoms with Gasteiger partial charge in [0, 0.05) is 9.13 Å². The van der Waals surface area contributed by atoms with Crippen molar-refractivity contribution in [3.63, 3.8) is 0 Å². The third-order valence-electron chi connectivity index (χ3n) is 3.93. The molecule has 0 heterocycles. The molecule has 0 aliphatic heterocycles. The van der Waals surface area contributed by atoms with Crippen LogP contribution >= 0.6 is 22.6 Å². The fourth-order valence-electron chi connectivity index (χ4n) is 2.83. The minimum atomic E-state index is -4.98. The van der Waals surface area contributed by atoms with Crippen molar-refractivity contribution in [2.24, 2.45) is 0 Å². The third-order valence-corrected chi connectivity index (χ3v) is 6.28. The molecule has 0 unspecified atom stereocenters. The molecule has 0 saturated heterocycles. The first-order valence-corrected chi connectivity index (χ1v) is 10.1. The molecule has 0 radical (unpaired) electrons. The maximum atomic E-state index is 14.1. The molecule has 0 saturated carbocycles. The molecule has 0 amide bonds. The van der Waals surface area contributed by atoms with Gasteiger partial charge in [-0.1, -0.05) is 60.7 Å². The zero-order valence-corrected chi connectivity index (χ0v) is 16.5. The van der Waals surface area contributed by atoms with Gasteiger partial charge in [0.1, 0.15) is 10.1 Å². The van der Waals surface area contributed by atoms with Crippen LogP contribution in [-0.2, 0) is 16.3 Å². The highest BCUT2D eigenvalue weighted by Crippen LogP contribution is 2.47. The maximum absolute atomic E-state index is 14.1. The molecule has 0 spiro atoms. The molecule has 3 rings (SSSR count). The minimum absolute atomic E-state index is 0.170. The van der Waals surface area contributed by atoms with Crippen molar-refractivity contribution >= 4 is 32.7 Å². The molecule has 0 aliphatic carbocycles. The van der Waals surface area contributed by atoms with E-state index in [1.54, 1.807) is 36.4 Å². The molecular weight excluding hydrogens is 492 g/mol. The van der Waals surface area contributed by atoms with Gasteiger partial charge in [0.15, 0.2) is 0 Å². The van der Waals surface area contributed by atoms with Crippen LogP contribution in [0.5, 0.6) is 0 Å². The molecular formula is C19H11F3IO3S-. The van der Waals surface area contributed by atoms with Crippen LogP contribution in [0.3, 0.4) is 0 Å². The maximum Gasteiger partial charge on any atom is 0.417 e. The Labute approximate surface area is 167 Å². The summed E-state index contributed by atoms with van der Waals surface area (Å²) in [7, 11) is -4.98. The zero-order valence-electron chi connectivity index (χ0n) is 13.5. The van der Waals surface area contributed by atoms with Gasteiger partial charge in [-0.05, 0) is 45.3 Å². The third kappa shape index (κ3) is 4.02. The lowest BCUT2D eigenvalue weighted by molar-refractivity contribution is -0.136. The Morgan fingerprint density at radius 2 is 1.33 bits per heavy atom. The number of hydrogen-bond acceptors (Lipinski definition) is 3. The summed E-state index contributed by atoms with van der Waals surface area (Å²) >= 11 is 1.49. The molecule has 0 N–H and O–H groups in total. The van der Waals surface area contributed by atoms with E-state index in [9.17, 15) is 26.1 Å². The predicted molar refractivity (Wildman–Crippen MR) is 103 cm³/mol. The van der Waals surface area contributed by atoms with Crippen molar-refractivity contribution in [2.75, 3.05) is 0 Å². The van der Waals surface area contributed by atoms with Gasteiger partial charge in [-0.3, -0.25) is 0 Å². The lowest BCUT2D eigenvalue weighted by Gasteiger charge is -2.23. The highest BCUT2D eigenvalue weighted by molar-refractivity contribution is 14.1. The summed E-state index contributed by atoms with van der Waals surface area (Å²) in [5, 5.41) is 0. The van der Waals surface area contributed by atoms with Gasteiger partial charge in [-0.25, -0.2) is 8.42 Å². The fourth-order valence-corrected chi connectivity index (χ4v) is 4.96. The van der Waals surface area contributed by atoms with E-state index in [0.29, 0.717) is 0 Å². The summed E-state index contributed by atoms with van der Waals surface area (Å²) in [5.41, 5.74) is -1.30. The van der Waals surface area contributed by atoms with E-state index in [1.807, 2.05) is 0 Å². The lowest BCUT2D eigenvalue weighted by Crippen LogP contribution is -2.14. The summed E-state index contributed by atoms with van der Waals surface area (Å²) < 4.78 is 77.1. The van der Waals surface area contributed by atoms with Gasteiger partial charge >= 0.3 is 6.18 Å². The van der Waals surface area contributed by atoms with E-state index in [1.165, 1.54) is 46.9 Å². The van der Waals surface area contributed by atoms with Gasteiger partial charge in [-0.2, -0.15) is 13.2 Å². The number of hydrogen-bond donors (Lipinski definition) is 0. The van der Waals surface area contributed by atoms with E-state index in [-0.39, 0.29) is 25.8 Å². The minimum Gasteiger partial charge on any atom is -0.744 e. The van der Waals surface area contributed by atoms with Gasteiger partial charge in [0.05, 0.1) is 10.5 Å². The molecule has 8 heteroatoms. The quantitative estimate of drug-likeness (QED) is 0.348. The number of benzene rings is 3. The van der Waals surface area contributed by atoms with Crippen molar-refractivity contribution in [3.8, 4) is 22.3 Å². The summed E-state index contributed by atoms with van der Waals surface area (Å²) in [4.78, 5) is -0.672. The summed E-state index contributed by atoms with van der Waals surface area (Å²) in [6.07, 6.45) is -4.76. The first kappa shape index (κ1) is 19.8. The standard InChI is InChI=1S/C19H12F3IO3S/c20-19(21,22)17-14(12-7-3-1-4-8-12)11-15(27(24,25)26)18(23)16(17)13-9-5-2-6-10-13/h1-11H,(H,24,25,26)/p-1. The zero-order chi connectivity index (χ0) is 19.8. The molecule has 3 aromatic carbocycles. The number of rotatable bonds is 3. The van der Waals surface area contributed by atoms with Gasteiger partial charge in [0.2, 0.25) is 0 Å². The normalized spacial score (nSPS) is 12.2. The Morgan fingerprint density at radius 1 is 0.852 bits per heavy atom. The van der Waals surface area contributed by atoms with E-state index in [0.717, 1.165) is 6.07 Å². The summed E-state index contributed by atoms with van der Waals surface area (Å²) in [6.45, 7) is 0. The highest BCUT2D eigenvalue weighted by Gasteiger charge is 2.39. The molecule has 3 aromatic rings. The van der Waals surface area contributed by atoms with Crippen LogP contribution in [0.4, 0.5) is 13.2 Å². The second-order valence-electron chi connectivity index (χ2n) is 5.67. The molecule has 0 aliphatic rings. The molecule has 0 bridgehead atoms. The van der Waals surface area contributed by atoms with Gasteiger partial charge in [-0.15, -0.1) is 0 Å². The smallest absolute Gasteiger partial charge is 0.417 e. The first-order valence-electron chi connectivity index (χ1n) is 7.61. The summed E-state index contributed by atoms with van der Waals surface area (Å²) in [6, 6.07) is 16.0. The van der Waals surface area contributed by atoms with E-state index in [2.05, 4.69) is 0 Å². The van der Waals surface area contributed by atoms with Gasteiger partial charge in [0.25, 0.3) is 0 Å². The number of alkyl halides is 3. The topological polar surface area (TPSA) is 57.2 Å². The van der Waals surface area contributed by atoms with E-state index < -0.39 is 26.8 Å². The Bertz CT molecular complexity index is 1080. The van der Waals surface area contributed by atoms with Crippen molar-refractivity contribution in [1.29, 1.82) is 0 Å². The van der Waals surface area contributed by atoms with Crippen LogP contribution < -0.4 is 0 Å². The molecule has 0 aromatic heterocycles. The van der Waals surface area contributed by atoms with Crippen LogP contribution in [0.25, 0.3) is 22.3 Å². The largest absolute Gasteiger partial charge is 0.744 e. The monoisotopic (exact) mass is 503 g/mol. The second-order valence-corrected chi connectivity index (χ2v) is 8.10. The average Bonchev–Trinajstić information content (AvgIpc) is 2.61. The molecule has 140 valence electrons. The van der Waals surface area contributed by atoms with Crippen molar-refractivity contribution in [3.05, 3.63) is 75.9 Å². The Morgan fingerprint density at radius 3 is 1.78 bits per heavy atom. The van der Waals surface area contributed by atoms with Crippen molar-refractivity contribution in [1.82, 2.24) is 0 Å². The number of halogens is 4. The van der Waals surface area contributed by atoms with Crippen molar-refractivity contribution in [2.45, 2.75) is 11.1 Å². The van der Waals surface area contributed by atoms with Crippen LogP contribution in [0.2, 0.25) is 0 Å². The van der Waals surface area contributed by atoms with E-state index >= 15 is 0 Å².